The lowest BCUT2D eigenvalue weighted by Gasteiger charge is -2.19. The second kappa shape index (κ2) is 7.43. The monoisotopic (exact) mass is 378 g/mol. The third-order valence-electron chi connectivity index (χ3n) is 4.07. The average Bonchev–Trinajstić information content (AvgIpc) is 2.68. The standard InChI is InChI=1S/C20H18N4O4/c1-12-10-18(23-15-5-3-2-4-14(15)19(25)26)24-20(21-12)22-13-6-7-16-17(11-13)28-9-8-27-16/h2-7,10-11H,8-9H2,1H3,(H,25,26)(H2,21,22,23,24). The van der Waals surface area contributed by atoms with Crippen LogP contribution in [-0.2, 0) is 0 Å². The van der Waals surface area contributed by atoms with Crippen LogP contribution in [0, 0.1) is 6.92 Å². The van der Waals surface area contributed by atoms with E-state index in [4.69, 9.17) is 9.47 Å². The summed E-state index contributed by atoms with van der Waals surface area (Å²) in [6, 6.07) is 13.9. The number of aromatic nitrogens is 2. The summed E-state index contributed by atoms with van der Waals surface area (Å²) in [5.74, 6) is 1.23. The maximum atomic E-state index is 11.4. The number of para-hydroxylation sites is 1. The van der Waals surface area contributed by atoms with Gasteiger partial charge in [-0.2, -0.15) is 4.98 Å². The Bertz CT molecular complexity index is 1040. The fraction of sp³-hybridized carbons (Fsp3) is 0.150. The Morgan fingerprint density at radius 1 is 1.00 bits per heavy atom. The van der Waals surface area contributed by atoms with Gasteiger partial charge >= 0.3 is 5.97 Å². The Labute approximate surface area is 161 Å². The number of anilines is 4. The van der Waals surface area contributed by atoms with E-state index in [0.717, 1.165) is 11.4 Å². The highest BCUT2D eigenvalue weighted by molar-refractivity contribution is 5.95. The smallest absolute Gasteiger partial charge is 0.337 e. The summed E-state index contributed by atoms with van der Waals surface area (Å²) in [5.41, 5.74) is 2.11. The van der Waals surface area contributed by atoms with Gasteiger partial charge in [-0.1, -0.05) is 12.1 Å². The van der Waals surface area contributed by atoms with Gasteiger partial charge in [0.05, 0.1) is 11.3 Å². The molecule has 0 saturated carbocycles. The normalized spacial score (nSPS) is 12.3. The minimum absolute atomic E-state index is 0.167. The topological polar surface area (TPSA) is 106 Å². The molecular weight excluding hydrogens is 360 g/mol. The van der Waals surface area contributed by atoms with Crippen LogP contribution in [-0.4, -0.2) is 34.3 Å². The van der Waals surface area contributed by atoms with E-state index in [1.165, 1.54) is 6.07 Å². The van der Waals surface area contributed by atoms with E-state index < -0.39 is 5.97 Å². The first kappa shape index (κ1) is 17.6. The van der Waals surface area contributed by atoms with Crippen LogP contribution in [0.2, 0.25) is 0 Å². The van der Waals surface area contributed by atoms with Gasteiger partial charge in [-0.25, -0.2) is 9.78 Å². The third kappa shape index (κ3) is 3.80. The number of nitrogens with one attached hydrogen (secondary N) is 2. The fourth-order valence-electron chi connectivity index (χ4n) is 2.86. The van der Waals surface area contributed by atoms with Crippen LogP contribution in [0.4, 0.5) is 23.1 Å². The molecule has 0 bridgehead atoms. The maximum absolute atomic E-state index is 11.4. The first-order valence-electron chi connectivity index (χ1n) is 8.70. The van der Waals surface area contributed by atoms with Crippen molar-refractivity contribution in [3.63, 3.8) is 0 Å². The van der Waals surface area contributed by atoms with Crippen molar-refractivity contribution in [1.29, 1.82) is 0 Å². The summed E-state index contributed by atoms with van der Waals surface area (Å²) < 4.78 is 11.1. The molecule has 2 aromatic carbocycles. The second-order valence-electron chi connectivity index (χ2n) is 6.18. The lowest BCUT2D eigenvalue weighted by Crippen LogP contribution is -2.15. The first-order valence-corrected chi connectivity index (χ1v) is 8.70. The number of ether oxygens (including phenoxy) is 2. The second-order valence-corrected chi connectivity index (χ2v) is 6.18. The Hall–Kier alpha value is -3.81. The molecule has 0 atom stereocenters. The number of aromatic carboxylic acids is 1. The molecule has 0 unspecified atom stereocenters. The van der Waals surface area contributed by atoms with Crippen molar-refractivity contribution in [3.8, 4) is 11.5 Å². The Kier molecular flexibility index (Phi) is 4.67. The predicted molar refractivity (Wildman–Crippen MR) is 104 cm³/mol. The first-order chi connectivity index (χ1) is 13.6. The lowest BCUT2D eigenvalue weighted by molar-refractivity contribution is 0.0698. The average molecular weight is 378 g/mol. The van der Waals surface area contributed by atoms with Crippen molar-refractivity contribution >= 4 is 29.1 Å². The van der Waals surface area contributed by atoms with Gasteiger partial charge in [0.15, 0.2) is 11.5 Å². The number of nitrogens with zero attached hydrogens (tertiary/aromatic N) is 2. The molecule has 1 aliphatic heterocycles. The van der Waals surface area contributed by atoms with Gasteiger partial charge in [-0.15, -0.1) is 0 Å². The van der Waals surface area contributed by atoms with Gasteiger partial charge < -0.3 is 25.2 Å². The van der Waals surface area contributed by atoms with Gasteiger partial charge in [0.25, 0.3) is 0 Å². The molecule has 4 rings (SSSR count). The number of fused-ring (bicyclic) bond motifs is 1. The number of hydrogen-bond donors (Lipinski definition) is 3. The van der Waals surface area contributed by atoms with E-state index in [1.54, 1.807) is 24.3 Å². The van der Waals surface area contributed by atoms with Crippen molar-refractivity contribution in [1.82, 2.24) is 9.97 Å². The third-order valence-corrected chi connectivity index (χ3v) is 4.07. The molecule has 3 aromatic rings. The number of hydrogen-bond acceptors (Lipinski definition) is 7. The van der Waals surface area contributed by atoms with Crippen molar-refractivity contribution in [3.05, 3.63) is 59.8 Å². The Balaban J connectivity index is 1.59. The van der Waals surface area contributed by atoms with E-state index in [1.807, 2.05) is 25.1 Å². The van der Waals surface area contributed by atoms with Crippen LogP contribution >= 0.6 is 0 Å². The summed E-state index contributed by atoms with van der Waals surface area (Å²) in [6.45, 7) is 2.88. The van der Waals surface area contributed by atoms with E-state index >= 15 is 0 Å². The molecule has 2 heterocycles. The minimum atomic E-state index is -1.01. The molecular formula is C20H18N4O4. The highest BCUT2D eigenvalue weighted by atomic mass is 16.6. The molecule has 28 heavy (non-hydrogen) atoms. The van der Waals surface area contributed by atoms with Crippen LogP contribution in [0.15, 0.2) is 48.5 Å². The number of carboxylic acid groups (broad SMARTS) is 1. The molecule has 0 aliphatic carbocycles. The number of carbonyl (C=O) groups is 1. The lowest BCUT2D eigenvalue weighted by atomic mass is 10.2. The van der Waals surface area contributed by atoms with Crippen LogP contribution < -0.4 is 20.1 Å². The van der Waals surface area contributed by atoms with E-state index in [-0.39, 0.29) is 5.56 Å². The van der Waals surface area contributed by atoms with Crippen LogP contribution in [0.1, 0.15) is 16.1 Å². The summed E-state index contributed by atoms with van der Waals surface area (Å²) in [7, 11) is 0. The van der Waals surface area contributed by atoms with Gasteiger partial charge in [-0.05, 0) is 31.2 Å². The van der Waals surface area contributed by atoms with Gasteiger partial charge in [-0.3, -0.25) is 0 Å². The molecule has 1 aliphatic rings. The summed E-state index contributed by atoms with van der Waals surface area (Å²) in [4.78, 5) is 20.2. The summed E-state index contributed by atoms with van der Waals surface area (Å²) >= 11 is 0. The van der Waals surface area contributed by atoms with Gasteiger partial charge in [0, 0.05) is 23.5 Å². The largest absolute Gasteiger partial charge is 0.486 e. The van der Waals surface area contributed by atoms with Crippen LogP contribution in [0.5, 0.6) is 11.5 Å². The van der Waals surface area contributed by atoms with Gasteiger partial charge in [0.2, 0.25) is 5.95 Å². The Morgan fingerprint density at radius 3 is 2.61 bits per heavy atom. The highest BCUT2D eigenvalue weighted by Gasteiger charge is 2.13. The SMILES string of the molecule is Cc1cc(Nc2ccccc2C(=O)O)nc(Nc2ccc3c(c2)OCCO3)n1. The number of benzene rings is 2. The van der Waals surface area contributed by atoms with Crippen molar-refractivity contribution in [2.24, 2.45) is 0 Å². The molecule has 1 aromatic heterocycles. The summed E-state index contributed by atoms with van der Waals surface area (Å²) in [5, 5.41) is 15.5. The summed E-state index contributed by atoms with van der Waals surface area (Å²) in [6.07, 6.45) is 0. The fourth-order valence-corrected chi connectivity index (χ4v) is 2.86. The quantitative estimate of drug-likeness (QED) is 0.617. The molecule has 8 heteroatoms. The maximum Gasteiger partial charge on any atom is 0.337 e. The number of carboxylic acids is 1. The number of rotatable bonds is 5. The van der Waals surface area contributed by atoms with Crippen molar-refractivity contribution in [2.75, 3.05) is 23.8 Å². The van der Waals surface area contributed by atoms with E-state index in [0.29, 0.717) is 42.2 Å². The molecule has 3 N–H and O–H groups in total. The van der Waals surface area contributed by atoms with E-state index in [2.05, 4.69) is 20.6 Å². The zero-order chi connectivity index (χ0) is 19.5. The minimum Gasteiger partial charge on any atom is -0.486 e. The van der Waals surface area contributed by atoms with E-state index in [9.17, 15) is 9.90 Å². The Morgan fingerprint density at radius 2 is 1.79 bits per heavy atom. The van der Waals surface area contributed by atoms with Crippen LogP contribution in [0.25, 0.3) is 0 Å². The molecule has 0 saturated heterocycles. The predicted octanol–water partition coefficient (Wildman–Crippen LogP) is 3.74. The molecule has 0 fully saturated rings. The highest BCUT2D eigenvalue weighted by Crippen LogP contribution is 2.33. The molecule has 0 spiro atoms. The molecule has 0 amide bonds. The zero-order valence-corrected chi connectivity index (χ0v) is 15.1. The van der Waals surface area contributed by atoms with Crippen molar-refractivity contribution < 1.29 is 19.4 Å². The molecule has 8 nitrogen and oxygen atoms in total. The van der Waals surface area contributed by atoms with Crippen molar-refractivity contribution in [2.45, 2.75) is 6.92 Å². The van der Waals surface area contributed by atoms with Gasteiger partial charge in [0.1, 0.15) is 19.0 Å². The molecule has 0 radical (unpaired) electrons. The molecule has 142 valence electrons. The number of aryl methyl sites for hydroxylation is 1. The van der Waals surface area contributed by atoms with Crippen LogP contribution in [0.3, 0.4) is 0 Å². The zero-order valence-electron chi connectivity index (χ0n) is 15.1.